The van der Waals surface area contributed by atoms with E-state index in [0.29, 0.717) is 13.0 Å². The molecule has 140 valence electrons. The highest BCUT2D eigenvalue weighted by atomic mass is 16.2. The predicted molar refractivity (Wildman–Crippen MR) is 95.8 cm³/mol. The van der Waals surface area contributed by atoms with E-state index in [0.717, 1.165) is 62.9 Å². The highest BCUT2D eigenvalue weighted by Crippen LogP contribution is 2.55. The molecular weight excluding hydrogens is 316 g/mol. The maximum absolute atomic E-state index is 12.4. The highest BCUT2D eigenvalue weighted by molar-refractivity contribution is 5.78. The summed E-state index contributed by atoms with van der Waals surface area (Å²) in [5.74, 6) is 2.58. The SMILES string of the molecule is NC1CCN(C(=O)CCNC(=O)NC23CC4CC(CC(C4)C2)C3)CC1. The summed E-state index contributed by atoms with van der Waals surface area (Å²) in [6, 6.07) is 0.142. The third-order valence-corrected chi connectivity index (χ3v) is 6.93. The fraction of sp³-hybridized carbons (Fsp3) is 0.895. The topological polar surface area (TPSA) is 87.5 Å². The van der Waals surface area contributed by atoms with Crippen molar-refractivity contribution in [3.05, 3.63) is 0 Å². The maximum Gasteiger partial charge on any atom is 0.315 e. The average Bonchev–Trinajstić information content (AvgIpc) is 2.53. The highest BCUT2D eigenvalue weighted by Gasteiger charge is 2.51. The van der Waals surface area contributed by atoms with Crippen LogP contribution in [0.2, 0.25) is 0 Å². The maximum atomic E-state index is 12.4. The average molecular weight is 348 g/mol. The second-order valence-electron chi connectivity index (χ2n) is 9.05. The molecule has 0 radical (unpaired) electrons. The number of nitrogens with zero attached hydrogens (tertiary/aromatic N) is 1. The van der Waals surface area contributed by atoms with Gasteiger partial charge in [-0.05, 0) is 69.1 Å². The summed E-state index contributed by atoms with van der Waals surface area (Å²) in [6.07, 6.45) is 9.71. The van der Waals surface area contributed by atoms with Crippen LogP contribution in [0.3, 0.4) is 0 Å². The second kappa shape index (κ2) is 6.78. The van der Waals surface area contributed by atoms with Crippen molar-refractivity contribution in [3.63, 3.8) is 0 Å². The number of likely N-dealkylation sites (tertiary alicyclic amines) is 1. The minimum atomic E-state index is -0.0876. The molecule has 0 aromatic heterocycles. The molecule has 4 bridgehead atoms. The minimum absolute atomic E-state index is 0.0336. The van der Waals surface area contributed by atoms with Crippen LogP contribution < -0.4 is 16.4 Å². The zero-order valence-corrected chi connectivity index (χ0v) is 15.1. The lowest BCUT2D eigenvalue weighted by molar-refractivity contribution is -0.132. The Morgan fingerprint density at radius 3 is 2.12 bits per heavy atom. The fourth-order valence-electron chi connectivity index (χ4n) is 6.14. The van der Waals surface area contributed by atoms with Gasteiger partial charge in [-0.2, -0.15) is 0 Å². The van der Waals surface area contributed by atoms with Crippen LogP contribution in [0, 0.1) is 17.8 Å². The first-order chi connectivity index (χ1) is 12.0. The van der Waals surface area contributed by atoms with E-state index in [2.05, 4.69) is 10.6 Å². The normalized spacial score (nSPS) is 37.2. The summed E-state index contributed by atoms with van der Waals surface area (Å²) in [4.78, 5) is 26.5. The van der Waals surface area contributed by atoms with E-state index in [9.17, 15) is 9.59 Å². The number of hydrogen-bond acceptors (Lipinski definition) is 3. The van der Waals surface area contributed by atoms with Gasteiger partial charge in [-0.15, -0.1) is 0 Å². The van der Waals surface area contributed by atoms with Gasteiger partial charge in [0.2, 0.25) is 5.91 Å². The van der Waals surface area contributed by atoms with E-state index in [4.69, 9.17) is 5.73 Å². The molecule has 0 aromatic carbocycles. The van der Waals surface area contributed by atoms with Crippen molar-refractivity contribution in [2.24, 2.45) is 23.5 Å². The number of rotatable bonds is 4. The molecule has 0 aromatic rings. The van der Waals surface area contributed by atoms with Gasteiger partial charge < -0.3 is 21.3 Å². The van der Waals surface area contributed by atoms with Crippen LogP contribution >= 0.6 is 0 Å². The Morgan fingerprint density at radius 1 is 1.00 bits per heavy atom. The molecule has 4 N–H and O–H groups in total. The van der Waals surface area contributed by atoms with Gasteiger partial charge >= 0.3 is 6.03 Å². The molecule has 4 aliphatic carbocycles. The Morgan fingerprint density at radius 2 is 1.56 bits per heavy atom. The van der Waals surface area contributed by atoms with Crippen LogP contribution in [-0.2, 0) is 4.79 Å². The molecule has 1 heterocycles. The van der Waals surface area contributed by atoms with Gasteiger partial charge in [0.15, 0.2) is 0 Å². The number of nitrogens with two attached hydrogens (primary N) is 1. The van der Waals surface area contributed by atoms with E-state index in [1.54, 1.807) is 0 Å². The third-order valence-electron chi connectivity index (χ3n) is 6.93. The van der Waals surface area contributed by atoms with E-state index < -0.39 is 0 Å². The molecule has 6 heteroatoms. The minimum Gasteiger partial charge on any atom is -0.343 e. The van der Waals surface area contributed by atoms with Crippen LogP contribution in [0.25, 0.3) is 0 Å². The van der Waals surface area contributed by atoms with E-state index >= 15 is 0 Å². The predicted octanol–water partition coefficient (Wildman–Crippen LogP) is 1.59. The summed E-state index contributed by atoms with van der Waals surface area (Å²) >= 11 is 0. The van der Waals surface area contributed by atoms with E-state index in [1.165, 1.54) is 19.3 Å². The van der Waals surface area contributed by atoms with Crippen molar-refractivity contribution in [2.75, 3.05) is 19.6 Å². The number of carbonyl (C=O) groups is 2. The first kappa shape index (κ1) is 17.1. The molecule has 1 aliphatic heterocycles. The van der Waals surface area contributed by atoms with E-state index in [1.807, 2.05) is 4.90 Å². The largest absolute Gasteiger partial charge is 0.343 e. The first-order valence-electron chi connectivity index (χ1n) is 10.1. The number of urea groups is 1. The Labute approximate surface area is 150 Å². The zero-order chi connectivity index (χ0) is 17.4. The zero-order valence-electron chi connectivity index (χ0n) is 15.1. The van der Waals surface area contributed by atoms with Gasteiger partial charge in [-0.25, -0.2) is 4.79 Å². The number of nitrogens with one attached hydrogen (secondary N) is 2. The number of amides is 3. The molecule has 5 fully saturated rings. The molecule has 1 saturated heterocycles. The quantitative estimate of drug-likeness (QED) is 0.721. The van der Waals surface area contributed by atoms with Crippen LogP contribution in [-0.4, -0.2) is 48.1 Å². The molecule has 6 nitrogen and oxygen atoms in total. The summed E-state index contributed by atoms with van der Waals surface area (Å²) in [5.41, 5.74) is 5.91. The molecule has 0 spiro atoms. The van der Waals surface area contributed by atoms with Gasteiger partial charge in [0.05, 0.1) is 0 Å². The monoisotopic (exact) mass is 348 g/mol. The standard InChI is InChI=1S/C19H32N4O2/c20-16-2-5-23(6-3-16)17(24)1-4-21-18(25)22-19-10-13-7-14(11-19)9-15(8-13)12-19/h13-16H,1-12,20H2,(H2,21,22,25). The molecule has 0 atom stereocenters. The van der Waals surface area contributed by atoms with Crippen LogP contribution in [0.1, 0.15) is 57.8 Å². The molecule has 5 rings (SSSR count). The van der Waals surface area contributed by atoms with Crippen LogP contribution in [0.15, 0.2) is 0 Å². The third kappa shape index (κ3) is 3.78. The Hall–Kier alpha value is -1.30. The summed E-state index contributed by atoms with van der Waals surface area (Å²) in [6.45, 7) is 1.92. The molecule has 0 unspecified atom stereocenters. The van der Waals surface area contributed by atoms with Crippen molar-refractivity contribution in [2.45, 2.75) is 69.4 Å². The molecule has 25 heavy (non-hydrogen) atoms. The van der Waals surface area contributed by atoms with Gasteiger partial charge in [0.25, 0.3) is 0 Å². The lowest BCUT2D eigenvalue weighted by Crippen LogP contribution is -2.61. The Bertz CT molecular complexity index is 492. The Kier molecular flexibility index (Phi) is 4.65. The summed E-state index contributed by atoms with van der Waals surface area (Å²) in [5, 5.41) is 6.21. The van der Waals surface area contributed by atoms with Gasteiger partial charge in [-0.3, -0.25) is 4.79 Å². The first-order valence-corrected chi connectivity index (χ1v) is 10.1. The van der Waals surface area contributed by atoms with Crippen molar-refractivity contribution in [3.8, 4) is 0 Å². The van der Waals surface area contributed by atoms with Crippen molar-refractivity contribution < 1.29 is 9.59 Å². The fourth-order valence-corrected chi connectivity index (χ4v) is 6.14. The smallest absolute Gasteiger partial charge is 0.315 e. The van der Waals surface area contributed by atoms with Crippen molar-refractivity contribution >= 4 is 11.9 Å². The number of piperidine rings is 1. The van der Waals surface area contributed by atoms with Crippen molar-refractivity contribution in [1.82, 2.24) is 15.5 Å². The second-order valence-corrected chi connectivity index (χ2v) is 9.05. The van der Waals surface area contributed by atoms with Crippen molar-refractivity contribution in [1.29, 1.82) is 0 Å². The van der Waals surface area contributed by atoms with Gasteiger partial charge in [0.1, 0.15) is 0 Å². The van der Waals surface area contributed by atoms with Gasteiger partial charge in [0, 0.05) is 37.6 Å². The lowest BCUT2D eigenvalue weighted by atomic mass is 9.53. The number of hydrogen-bond donors (Lipinski definition) is 3. The number of carbonyl (C=O) groups excluding carboxylic acids is 2. The van der Waals surface area contributed by atoms with Crippen LogP contribution in [0.4, 0.5) is 4.79 Å². The molecule has 5 aliphatic rings. The summed E-state index contributed by atoms with van der Waals surface area (Å²) in [7, 11) is 0. The Balaban J connectivity index is 1.20. The molecule has 4 saturated carbocycles. The molecular formula is C19H32N4O2. The lowest BCUT2D eigenvalue weighted by Gasteiger charge is -2.56. The van der Waals surface area contributed by atoms with E-state index in [-0.39, 0.29) is 23.5 Å². The summed E-state index contributed by atoms with van der Waals surface area (Å²) < 4.78 is 0. The van der Waals surface area contributed by atoms with Gasteiger partial charge in [-0.1, -0.05) is 0 Å². The molecule has 3 amide bonds. The van der Waals surface area contributed by atoms with Crippen LogP contribution in [0.5, 0.6) is 0 Å².